The van der Waals surface area contributed by atoms with Gasteiger partial charge in [-0.05, 0) is 50.5 Å². The van der Waals surface area contributed by atoms with E-state index in [0.717, 1.165) is 31.2 Å². The summed E-state index contributed by atoms with van der Waals surface area (Å²) in [6.07, 6.45) is 3.45. The molecule has 1 rings (SSSR count). The minimum Gasteiger partial charge on any atom is -0.478 e. The fourth-order valence-electron chi connectivity index (χ4n) is 1.64. The Morgan fingerprint density at radius 2 is 1.86 bits per heavy atom. The maximum Gasteiger partial charge on any atom is 0.335 e. The molecular formula is C18H20O4. The lowest BCUT2D eigenvalue weighted by molar-refractivity contribution is -0.139. The van der Waals surface area contributed by atoms with E-state index in [9.17, 15) is 9.59 Å². The van der Waals surface area contributed by atoms with Gasteiger partial charge in [0, 0.05) is 17.6 Å². The van der Waals surface area contributed by atoms with Crippen molar-refractivity contribution in [2.24, 2.45) is 0 Å². The number of rotatable bonds is 7. The molecule has 0 aliphatic rings. The normalized spacial score (nSPS) is 9.50. The lowest BCUT2D eigenvalue weighted by atomic mass is 10.1. The summed E-state index contributed by atoms with van der Waals surface area (Å²) in [7, 11) is 0. The molecule has 0 fully saturated rings. The van der Waals surface area contributed by atoms with Crippen LogP contribution >= 0.6 is 0 Å². The molecule has 1 aromatic carbocycles. The molecule has 0 atom stereocenters. The molecule has 22 heavy (non-hydrogen) atoms. The average molecular weight is 300 g/mol. The minimum absolute atomic E-state index is 0.259. The summed E-state index contributed by atoms with van der Waals surface area (Å²) >= 11 is 0. The molecule has 0 aliphatic carbocycles. The molecule has 0 saturated carbocycles. The van der Waals surface area contributed by atoms with E-state index in [1.54, 1.807) is 31.2 Å². The maximum atomic E-state index is 11.1. The van der Waals surface area contributed by atoms with Crippen molar-refractivity contribution >= 4 is 11.9 Å². The summed E-state index contributed by atoms with van der Waals surface area (Å²) in [6.45, 7) is 5.55. The van der Waals surface area contributed by atoms with Gasteiger partial charge in [0.2, 0.25) is 0 Å². The number of carbonyl (C=O) groups excluding carboxylic acids is 1. The van der Waals surface area contributed by atoms with Crippen LogP contribution in [0, 0.1) is 11.8 Å². The van der Waals surface area contributed by atoms with Crippen LogP contribution in [0.5, 0.6) is 0 Å². The second kappa shape index (κ2) is 9.41. The van der Waals surface area contributed by atoms with Gasteiger partial charge in [-0.15, -0.1) is 0 Å². The number of esters is 1. The maximum absolute atomic E-state index is 11.1. The second-order valence-corrected chi connectivity index (χ2v) is 4.91. The van der Waals surface area contributed by atoms with Crippen molar-refractivity contribution in [1.29, 1.82) is 0 Å². The molecule has 0 heterocycles. The Balaban J connectivity index is 2.18. The first kappa shape index (κ1) is 17.5. The smallest absolute Gasteiger partial charge is 0.335 e. The second-order valence-electron chi connectivity index (χ2n) is 4.91. The highest BCUT2D eigenvalue weighted by Gasteiger charge is 2.01. The average Bonchev–Trinajstić information content (AvgIpc) is 2.50. The molecule has 0 spiro atoms. The van der Waals surface area contributed by atoms with Gasteiger partial charge in [-0.1, -0.05) is 18.4 Å². The van der Waals surface area contributed by atoms with Crippen LogP contribution in [-0.2, 0) is 9.53 Å². The standard InChI is InChI=1S/C18H20O4/c1-14(2)18(21)22-13-7-5-3-4-6-8-15-9-11-16(12-10-15)17(19)20/h9-12H,1,3-5,7,13H2,2H3,(H,19,20). The first-order valence-electron chi connectivity index (χ1n) is 7.15. The van der Waals surface area contributed by atoms with E-state index in [4.69, 9.17) is 9.84 Å². The highest BCUT2D eigenvalue weighted by Crippen LogP contribution is 2.04. The number of hydrogen-bond acceptors (Lipinski definition) is 3. The molecule has 4 nitrogen and oxygen atoms in total. The fraction of sp³-hybridized carbons (Fsp3) is 0.333. The number of carboxylic acid groups (broad SMARTS) is 1. The SMILES string of the molecule is C=C(C)C(=O)OCCCCCC#Cc1ccc(C(=O)O)cc1. The third-order valence-corrected chi connectivity index (χ3v) is 2.89. The molecule has 1 aromatic rings. The number of aromatic carboxylic acids is 1. The van der Waals surface area contributed by atoms with Crippen LogP contribution in [-0.4, -0.2) is 23.7 Å². The summed E-state index contributed by atoms with van der Waals surface area (Å²) in [4.78, 5) is 21.8. The Morgan fingerprint density at radius 1 is 1.18 bits per heavy atom. The number of unbranched alkanes of at least 4 members (excludes halogenated alkanes) is 3. The van der Waals surface area contributed by atoms with E-state index in [1.165, 1.54) is 0 Å². The Bertz CT molecular complexity index is 588. The molecule has 0 amide bonds. The van der Waals surface area contributed by atoms with Gasteiger partial charge in [0.15, 0.2) is 0 Å². The Kier molecular flexibility index (Phi) is 7.49. The number of carbonyl (C=O) groups is 2. The molecule has 0 bridgehead atoms. The van der Waals surface area contributed by atoms with Gasteiger partial charge in [0.25, 0.3) is 0 Å². The van der Waals surface area contributed by atoms with E-state index in [-0.39, 0.29) is 11.5 Å². The predicted molar refractivity (Wildman–Crippen MR) is 84.5 cm³/mol. The highest BCUT2D eigenvalue weighted by molar-refractivity contribution is 5.87. The third-order valence-electron chi connectivity index (χ3n) is 2.89. The third kappa shape index (κ3) is 6.76. The molecule has 116 valence electrons. The molecule has 4 heteroatoms. The number of carboxylic acids is 1. The van der Waals surface area contributed by atoms with Gasteiger partial charge in [-0.3, -0.25) is 0 Å². The topological polar surface area (TPSA) is 63.6 Å². The van der Waals surface area contributed by atoms with Gasteiger partial charge in [-0.2, -0.15) is 0 Å². The summed E-state index contributed by atoms with van der Waals surface area (Å²) in [5.74, 6) is 4.76. The van der Waals surface area contributed by atoms with Crippen molar-refractivity contribution in [1.82, 2.24) is 0 Å². The zero-order valence-electron chi connectivity index (χ0n) is 12.7. The lowest BCUT2D eigenvalue weighted by Gasteiger charge is -2.02. The van der Waals surface area contributed by atoms with Crippen molar-refractivity contribution in [3.05, 3.63) is 47.5 Å². The quantitative estimate of drug-likeness (QED) is 0.363. The van der Waals surface area contributed by atoms with E-state index in [1.807, 2.05) is 0 Å². The van der Waals surface area contributed by atoms with Crippen LogP contribution in [0.3, 0.4) is 0 Å². The van der Waals surface area contributed by atoms with Gasteiger partial charge in [0.05, 0.1) is 12.2 Å². The Hall–Kier alpha value is -2.54. The van der Waals surface area contributed by atoms with E-state index in [0.29, 0.717) is 12.2 Å². The molecule has 0 radical (unpaired) electrons. The summed E-state index contributed by atoms with van der Waals surface area (Å²) < 4.78 is 4.99. The molecule has 0 aliphatic heterocycles. The molecule has 0 aromatic heterocycles. The largest absolute Gasteiger partial charge is 0.478 e. The monoisotopic (exact) mass is 300 g/mol. The summed E-state index contributed by atoms with van der Waals surface area (Å²) in [5.41, 5.74) is 1.48. The van der Waals surface area contributed by atoms with Gasteiger partial charge < -0.3 is 9.84 Å². The predicted octanol–water partition coefficient (Wildman–Crippen LogP) is 3.42. The van der Waals surface area contributed by atoms with Crippen molar-refractivity contribution in [2.45, 2.75) is 32.6 Å². The summed E-state index contributed by atoms with van der Waals surface area (Å²) in [6, 6.07) is 6.49. The molecular weight excluding hydrogens is 280 g/mol. The van der Waals surface area contributed by atoms with E-state index >= 15 is 0 Å². The van der Waals surface area contributed by atoms with Crippen molar-refractivity contribution in [3.8, 4) is 11.8 Å². The van der Waals surface area contributed by atoms with Crippen LogP contribution in [0.1, 0.15) is 48.5 Å². The minimum atomic E-state index is -0.938. The molecule has 0 saturated heterocycles. The van der Waals surface area contributed by atoms with Gasteiger partial charge >= 0.3 is 11.9 Å². The van der Waals surface area contributed by atoms with E-state index in [2.05, 4.69) is 18.4 Å². The Morgan fingerprint density at radius 3 is 2.45 bits per heavy atom. The zero-order valence-corrected chi connectivity index (χ0v) is 12.7. The lowest BCUT2D eigenvalue weighted by Crippen LogP contribution is -2.05. The number of ether oxygens (including phenoxy) is 1. The van der Waals surface area contributed by atoms with Crippen LogP contribution in [0.25, 0.3) is 0 Å². The van der Waals surface area contributed by atoms with Crippen LogP contribution < -0.4 is 0 Å². The summed E-state index contributed by atoms with van der Waals surface area (Å²) in [5, 5.41) is 8.79. The van der Waals surface area contributed by atoms with Crippen molar-refractivity contribution in [2.75, 3.05) is 6.61 Å². The van der Waals surface area contributed by atoms with Gasteiger partial charge in [0.1, 0.15) is 0 Å². The van der Waals surface area contributed by atoms with Gasteiger partial charge in [-0.25, -0.2) is 9.59 Å². The van der Waals surface area contributed by atoms with Crippen molar-refractivity contribution in [3.63, 3.8) is 0 Å². The number of hydrogen-bond donors (Lipinski definition) is 1. The molecule has 1 N–H and O–H groups in total. The fourth-order valence-corrected chi connectivity index (χ4v) is 1.64. The van der Waals surface area contributed by atoms with Crippen molar-refractivity contribution < 1.29 is 19.4 Å². The van der Waals surface area contributed by atoms with Crippen LogP contribution in [0.2, 0.25) is 0 Å². The first-order valence-corrected chi connectivity index (χ1v) is 7.15. The van der Waals surface area contributed by atoms with Crippen LogP contribution in [0.15, 0.2) is 36.4 Å². The highest BCUT2D eigenvalue weighted by atomic mass is 16.5. The zero-order chi connectivity index (χ0) is 16.4. The number of benzene rings is 1. The van der Waals surface area contributed by atoms with E-state index < -0.39 is 5.97 Å². The van der Waals surface area contributed by atoms with Crippen LogP contribution in [0.4, 0.5) is 0 Å². The molecule has 0 unspecified atom stereocenters. The first-order chi connectivity index (χ1) is 10.5. The Labute approximate surface area is 130 Å².